The average Bonchev–Trinajstić information content (AvgIpc) is 2.17. The monoisotopic (exact) mass is 200 g/mol. The van der Waals surface area contributed by atoms with Crippen molar-refractivity contribution in [3.8, 4) is 5.88 Å². The third kappa shape index (κ3) is 2.78. The van der Waals surface area contributed by atoms with E-state index in [9.17, 15) is 0 Å². The number of pyridine rings is 1. The summed E-state index contributed by atoms with van der Waals surface area (Å²) in [6.45, 7) is 0.114. The van der Waals surface area contributed by atoms with E-state index in [4.69, 9.17) is 15.6 Å². The first kappa shape index (κ1) is 10.1. The fourth-order valence-corrected chi connectivity index (χ4v) is 1.48. The molecule has 72 valence electrons. The zero-order valence-electron chi connectivity index (χ0n) is 7.36. The predicted octanol–water partition coefficient (Wildman–Crippen LogP) is 0.757. The third-order valence-corrected chi connectivity index (χ3v) is 2.39. The van der Waals surface area contributed by atoms with Gasteiger partial charge in [0.05, 0.1) is 19.4 Å². The van der Waals surface area contributed by atoms with Crippen molar-refractivity contribution in [3.05, 3.63) is 12.1 Å². The SMILES string of the molecule is COc1ccc(N)c(SCCO)n1. The van der Waals surface area contributed by atoms with Crippen molar-refractivity contribution in [2.24, 2.45) is 0 Å². The van der Waals surface area contributed by atoms with Crippen LogP contribution in [0.5, 0.6) is 5.88 Å². The lowest BCUT2D eigenvalue weighted by Crippen LogP contribution is -1.96. The lowest BCUT2D eigenvalue weighted by Gasteiger charge is -2.05. The molecule has 0 aliphatic carbocycles. The number of nitrogen functional groups attached to an aromatic ring is 1. The van der Waals surface area contributed by atoms with E-state index in [1.54, 1.807) is 19.2 Å². The first-order valence-corrected chi connectivity index (χ1v) is 4.80. The fraction of sp³-hybridized carbons (Fsp3) is 0.375. The summed E-state index contributed by atoms with van der Waals surface area (Å²) >= 11 is 1.41. The Kier molecular flexibility index (Phi) is 3.85. The van der Waals surface area contributed by atoms with Crippen LogP contribution in [0, 0.1) is 0 Å². The number of aliphatic hydroxyl groups excluding tert-OH is 1. The number of thioether (sulfide) groups is 1. The molecule has 0 bridgehead atoms. The highest BCUT2D eigenvalue weighted by atomic mass is 32.2. The van der Waals surface area contributed by atoms with E-state index in [2.05, 4.69) is 4.98 Å². The van der Waals surface area contributed by atoms with Crippen LogP contribution in [0.2, 0.25) is 0 Å². The third-order valence-electron chi connectivity index (χ3n) is 1.40. The molecular weight excluding hydrogens is 188 g/mol. The lowest BCUT2D eigenvalue weighted by atomic mass is 10.4. The molecule has 0 saturated carbocycles. The summed E-state index contributed by atoms with van der Waals surface area (Å²) in [5, 5.41) is 9.33. The Morgan fingerprint density at radius 1 is 1.62 bits per heavy atom. The molecule has 0 unspecified atom stereocenters. The Balaban J connectivity index is 2.78. The second kappa shape index (κ2) is 4.94. The summed E-state index contributed by atoms with van der Waals surface area (Å²) in [5.74, 6) is 1.12. The Bertz CT molecular complexity index is 281. The highest BCUT2D eigenvalue weighted by Crippen LogP contribution is 2.24. The van der Waals surface area contributed by atoms with Gasteiger partial charge in [0.15, 0.2) is 0 Å². The van der Waals surface area contributed by atoms with Crippen molar-refractivity contribution in [2.45, 2.75) is 5.03 Å². The van der Waals surface area contributed by atoms with Gasteiger partial charge in [0, 0.05) is 11.8 Å². The molecule has 13 heavy (non-hydrogen) atoms. The molecule has 5 heteroatoms. The van der Waals surface area contributed by atoms with E-state index < -0.39 is 0 Å². The van der Waals surface area contributed by atoms with E-state index in [1.807, 2.05) is 0 Å². The van der Waals surface area contributed by atoms with E-state index in [0.29, 0.717) is 22.3 Å². The van der Waals surface area contributed by atoms with Gasteiger partial charge >= 0.3 is 0 Å². The fourth-order valence-electron chi connectivity index (χ4n) is 0.806. The molecular formula is C8H12N2O2S. The van der Waals surface area contributed by atoms with Gasteiger partial charge in [0.25, 0.3) is 0 Å². The number of aromatic nitrogens is 1. The van der Waals surface area contributed by atoms with E-state index in [0.717, 1.165) is 0 Å². The summed E-state index contributed by atoms with van der Waals surface area (Å²) in [7, 11) is 1.55. The number of methoxy groups -OCH3 is 1. The summed E-state index contributed by atoms with van der Waals surface area (Å²) in [6.07, 6.45) is 0. The standard InChI is InChI=1S/C8H12N2O2S/c1-12-7-3-2-6(9)8(10-7)13-5-4-11/h2-3,11H,4-5,9H2,1H3. The van der Waals surface area contributed by atoms with Crippen molar-refractivity contribution in [1.29, 1.82) is 0 Å². The number of nitrogens with zero attached hydrogens (tertiary/aromatic N) is 1. The molecule has 1 aromatic rings. The number of nitrogens with two attached hydrogens (primary N) is 1. The predicted molar refractivity (Wildman–Crippen MR) is 53.0 cm³/mol. The average molecular weight is 200 g/mol. The Morgan fingerprint density at radius 2 is 2.38 bits per heavy atom. The van der Waals surface area contributed by atoms with Crippen molar-refractivity contribution >= 4 is 17.4 Å². The van der Waals surface area contributed by atoms with Crippen LogP contribution in [0.4, 0.5) is 5.69 Å². The summed E-state index contributed by atoms with van der Waals surface area (Å²) in [5.41, 5.74) is 6.27. The van der Waals surface area contributed by atoms with E-state index in [1.165, 1.54) is 11.8 Å². The van der Waals surface area contributed by atoms with Gasteiger partial charge < -0.3 is 15.6 Å². The Morgan fingerprint density at radius 3 is 3.00 bits per heavy atom. The highest BCUT2D eigenvalue weighted by molar-refractivity contribution is 7.99. The highest BCUT2D eigenvalue weighted by Gasteiger charge is 2.03. The number of ether oxygens (including phenoxy) is 1. The maximum atomic E-state index is 8.62. The molecule has 0 amide bonds. The van der Waals surface area contributed by atoms with Crippen LogP contribution in [0.15, 0.2) is 17.2 Å². The van der Waals surface area contributed by atoms with Gasteiger partial charge in [-0.2, -0.15) is 0 Å². The lowest BCUT2D eigenvalue weighted by molar-refractivity contribution is 0.322. The molecule has 0 saturated heterocycles. The van der Waals surface area contributed by atoms with Gasteiger partial charge in [0.1, 0.15) is 5.03 Å². The van der Waals surface area contributed by atoms with Crippen LogP contribution < -0.4 is 10.5 Å². The van der Waals surface area contributed by atoms with Gasteiger partial charge in [-0.15, -0.1) is 11.8 Å². The zero-order valence-corrected chi connectivity index (χ0v) is 8.17. The minimum Gasteiger partial charge on any atom is -0.481 e. The topological polar surface area (TPSA) is 68.4 Å². The Hall–Kier alpha value is -0.940. The normalized spacial score (nSPS) is 10.0. The largest absolute Gasteiger partial charge is 0.481 e. The molecule has 0 aliphatic heterocycles. The molecule has 0 atom stereocenters. The van der Waals surface area contributed by atoms with Gasteiger partial charge in [-0.1, -0.05) is 0 Å². The molecule has 1 heterocycles. The molecule has 1 aromatic heterocycles. The van der Waals surface area contributed by atoms with Gasteiger partial charge in [-0.3, -0.25) is 0 Å². The first-order valence-electron chi connectivity index (χ1n) is 3.82. The van der Waals surface area contributed by atoms with Crippen molar-refractivity contribution in [2.75, 3.05) is 25.2 Å². The van der Waals surface area contributed by atoms with Crippen LogP contribution in [-0.2, 0) is 0 Å². The number of anilines is 1. The maximum Gasteiger partial charge on any atom is 0.214 e. The molecule has 0 aliphatic rings. The van der Waals surface area contributed by atoms with E-state index >= 15 is 0 Å². The van der Waals surface area contributed by atoms with Crippen molar-refractivity contribution in [1.82, 2.24) is 4.98 Å². The number of hydrogen-bond donors (Lipinski definition) is 2. The van der Waals surface area contributed by atoms with Gasteiger partial charge in [-0.05, 0) is 6.07 Å². The minimum absolute atomic E-state index is 0.114. The van der Waals surface area contributed by atoms with Crippen molar-refractivity contribution < 1.29 is 9.84 Å². The molecule has 0 spiro atoms. The van der Waals surface area contributed by atoms with Crippen LogP contribution in [0.25, 0.3) is 0 Å². The zero-order chi connectivity index (χ0) is 9.68. The number of rotatable bonds is 4. The smallest absolute Gasteiger partial charge is 0.214 e. The molecule has 0 fully saturated rings. The maximum absolute atomic E-state index is 8.62. The number of hydrogen-bond acceptors (Lipinski definition) is 5. The summed E-state index contributed by atoms with van der Waals surface area (Å²) in [4.78, 5) is 4.13. The summed E-state index contributed by atoms with van der Waals surface area (Å²) in [6, 6.07) is 3.45. The molecule has 1 rings (SSSR count). The number of aliphatic hydroxyl groups is 1. The van der Waals surface area contributed by atoms with Crippen LogP contribution in [0.3, 0.4) is 0 Å². The second-order valence-electron chi connectivity index (χ2n) is 2.32. The van der Waals surface area contributed by atoms with Crippen LogP contribution >= 0.6 is 11.8 Å². The molecule has 0 aromatic carbocycles. The van der Waals surface area contributed by atoms with Gasteiger partial charge in [-0.25, -0.2) is 4.98 Å². The van der Waals surface area contributed by atoms with E-state index in [-0.39, 0.29) is 6.61 Å². The molecule has 4 nitrogen and oxygen atoms in total. The van der Waals surface area contributed by atoms with Gasteiger partial charge in [0.2, 0.25) is 5.88 Å². The van der Waals surface area contributed by atoms with Crippen LogP contribution in [-0.4, -0.2) is 29.6 Å². The summed E-state index contributed by atoms with van der Waals surface area (Å²) < 4.78 is 4.95. The second-order valence-corrected chi connectivity index (χ2v) is 3.40. The van der Waals surface area contributed by atoms with Crippen molar-refractivity contribution in [3.63, 3.8) is 0 Å². The molecule has 3 N–H and O–H groups in total. The minimum atomic E-state index is 0.114. The van der Waals surface area contributed by atoms with Crippen LogP contribution in [0.1, 0.15) is 0 Å². The Labute approximate surface area is 81.1 Å². The quantitative estimate of drug-likeness (QED) is 0.702. The molecule has 0 radical (unpaired) electrons. The first-order chi connectivity index (χ1) is 6.27.